The van der Waals surface area contributed by atoms with Crippen LogP contribution in [0.3, 0.4) is 0 Å². The monoisotopic (exact) mass is 417 g/mol. The van der Waals surface area contributed by atoms with E-state index in [1.165, 1.54) is 12.3 Å². The van der Waals surface area contributed by atoms with Crippen molar-refractivity contribution in [1.29, 1.82) is 0 Å². The fraction of sp³-hybridized carbons (Fsp3) is 0. The quantitative estimate of drug-likeness (QED) is 0.453. The lowest BCUT2D eigenvalue weighted by Gasteiger charge is -2.11. The molecular weight excluding hydrogens is 401 g/mol. The van der Waals surface area contributed by atoms with Gasteiger partial charge >= 0.3 is 0 Å². The molecule has 0 fully saturated rings. The minimum atomic E-state index is -0.396. The van der Waals surface area contributed by atoms with E-state index in [1.54, 1.807) is 66.7 Å². The Hall–Kier alpha value is -3.84. The lowest BCUT2D eigenvalue weighted by molar-refractivity contribution is 0.101. The van der Waals surface area contributed by atoms with Crippen LogP contribution in [-0.2, 0) is 0 Å². The molecule has 0 aliphatic carbocycles. The summed E-state index contributed by atoms with van der Waals surface area (Å²) in [6.07, 6.45) is 1.41. The topological polar surface area (TPSA) is 71.1 Å². The van der Waals surface area contributed by atoms with Gasteiger partial charge in [-0.05, 0) is 36.4 Å². The number of hydrogen-bond donors (Lipinski definition) is 2. The third kappa shape index (κ3) is 4.26. The number of anilines is 2. The first-order valence-electron chi connectivity index (χ1n) is 9.09. The predicted octanol–water partition coefficient (Wildman–Crippen LogP) is 5.45. The maximum Gasteiger partial charge on any atom is 0.267 e. The Morgan fingerprint density at radius 1 is 0.767 bits per heavy atom. The number of hydrogen-bond acceptors (Lipinski definition) is 4. The number of rotatable bonds is 5. The third-order valence-electron chi connectivity index (χ3n) is 4.29. The molecule has 1 aromatic heterocycles. The summed E-state index contributed by atoms with van der Waals surface area (Å²) in [5.41, 5.74) is 1.78. The largest absolute Gasteiger partial charge is 0.320 e. The smallest absolute Gasteiger partial charge is 0.267 e. The van der Waals surface area contributed by atoms with E-state index in [1.807, 2.05) is 6.07 Å². The SMILES string of the molecule is O=C(Nc1ccccc1NC(=O)c1cnc(-c2ccccc2F)s1)c1ccccc1. The van der Waals surface area contributed by atoms with E-state index in [-0.39, 0.29) is 5.91 Å². The summed E-state index contributed by atoms with van der Waals surface area (Å²) in [4.78, 5) is 29.7. The van der Waals surface area contributed by atoms with Crippen molar-refractivity contribution < 1.29 is 14.0 Å². The van der Waals surface area contributed by atoms with Crippen LogP contribution < -0.4 is 10.6 Å². The van der Waals surface area contributed by atoms with Gasteiger partial charge in [0.25, 0.3) is 11.8 Å². The number of aromatic nitrogens is 1. The van der Waals surface area contributed by atoms with Gasteiger partial charge < -0.3 is 10.6 Å². The summed E-state index contributed by atoms with van der Waals surface area (Å²) in [6, 6.07) is 22.0. The summed E-state index contributed by atoms with van der Waals surface area (Å²) in [6.45, 7) is 0. The fourth-order valence-electron chi connectivity index (χ4n) is 2.81. The molecule has 0 bridgehead atoms. The standard InChI is InChI=1S/C23H16FN3O2S/c24-17-11-5-4-10-16(17)23-25-14-20(30-23)22(29)27-19-13-7-6-12-18(19)26-21(28)15-8-2-1-3-9-15/h1-14H,(H,26,28)(H,27,29). The summed E-state index contributed by atoms with van der Waals surface area (Å²) >= 11 is 1.09. The second kappa shape index (κ2) is 8.67. The third-order valence-corrected chi connectivity index (χ3v) is 5.32. The Balaban J connectivity index is 1.52. The van der Waals surface area contributed by atoms with Crippen LogP contribution in [0.1, 0.15) is 20.0 Å². The van der Waals surface area contributed by atoms with Crippen LogP contribution in [0.4, 0.5) is 15.8 Å². The molecule has 4 aromatic rings. The number of amides is 2. The highest BCUT2D eigenvalue weighted by Gasteiger charge is 2.16. The van der Waals surface area contributed by atoms with Gasteiger partial charge in [0, 0.05) is 11.1 Å². The van der Waals surface area contributed by atoms with Gasteiger partial charge in [-0.2, -0.15) is 0 Å². The van der Waals surface area contributed by atoms with E-state index in [0.717, 1.165) is 11.3 Å². The zero-order valence-corrected chi connectivity index (χ0v) is 16.4. The van der Waals surface area contributed by atoms with Crippen molar-refractivity contribution in [3.05, 3.63) is 101 Å². The van der Waals surface area contributed by atoms with Crippen molar-refractivity contribution >= 4 is 34.5 Å². The predicted molar refractivity (Wildman–Crippen MR) is 116 cm³/mol. The number of para-hydroxylation sites is 2. The molecule has 2 N–H and O–H groups in total. The molecule has 3 aromatic carbocycles. The Kier molecular flexibility index (Phi) is 5.63. The molecule has 1 heterocycles. The molecule has 0 atom stereocenters. The number of carbonyl (C=O) groups excluding carboxylic acids is 2. The number of nitrogens with zero attached hydrogens (tertiary/aromatic N) is 1. The van der Waals surface area contributed by atoms with Crippen LogP contribution in [0, 0.1) is 5.82 Å². The van der Waals surface area contributed by atoms with Gasteiger partial charge in [0.15, 0.2) is 0 Å². The van der Waals surface area contributed by atoms with Crippen LogP contribution in [0.15, 0.2) is 85.1 Å². The molecule has 7 heteroatoms. The number of nitrogens with one attached hydrogen (secondary N) is 2. The number of benzene rings is 3. The zero-order chi connectivity index (χ0) is 20.9. The van der Waals surface area contributed by atoms with E-state index in [0.29, 0.717) is 32.4 Å². The summed E-state index contributed by atoms with van der Waals surface area (Å²) in [7, 11) is 0. The maximum atomic E-state index is 14.0. The first-order chi connectivity index (χ1) is 14.6. The Morgan fingerprint density at radius 2 is 1.37 bits per heavy atom. The Bertz CT molecular complexity index is 1210. The summed E-state index contributed by atoms with van der Waals surface area (Å²) in [5.74, 6) is -1.07. The molecule has 0 spiro atoms. The minimum Gasteiger partial charge on any atom is -0.320 e. The first kappa shape index (κ1) is 19.5. The molecule has 0 unspecified atom stereocenters. The van der Waals surface area contributed by atoms with Crippen LogP contribution in [0.25, 0.3) is 10.6 Å². The molecule has 0 radical (unpaired) electrons. The highest BCUT2D eigenvalue weighted by molar-refractivity contribution is 7.17. The van der Waals surface area contributed by atoms with Gasteiger partial charge in [-0.25, -0.2) is 9.37 Å². The molecular formula is C23H16FN3O2S. The molecule has 0 saturated heterocycles. The van der Waals surface area contributed by atoms with Crippen molar-refractivity contribution in [1.82, 2.24) is 4.98 Å². The highest BCUT2D eigenvalue weighted by Crippen LogP contribution is 2.29. The average molecular weight is 417 g/mol. The van der Waals surface area contributed by atoms with Crippen LogP contribution >= 0.6 is 11.3 Å². The average Bonchev–Trinajstić information content (AvgIpc) is 3.26. The van der Waals surface area contributed by atoms with E-state index < -0.39 is 11.7 Å². The lowest BCUT2D eigenvalue weighted by atomic mass is 10.2. The number of halogens is 1. The number of thiazole rings is 1. The van der Waals surface area contributed by atoms with E-state index in [4.69, 9.17) is 0 Å². The fourth-order valence-corrected chi connectivity index (χ4v) is 3.65. The van der Waals surface area contributed by atoms with Crippen LogP contribution in [0.2, 0.25) is 0 Å². The summed E-state index contributed by atoms with van der Waals surface area (Å²) in [5, 5.41) is 6.01. The first-order valence-corrected chi connectivity index (χ1v) is 9.91. The molecule has 30 heavy (non-hydrogen) atoms. The second-order valence-electron chi connectivity index (χ2n) is 6.33. The summed E-state index contributed by atoms with van der Waals surface area (Å²) < 4.78 is 14.0. The lowest BCUT2D eigenvalue weighted by Crippen LogP contribution is -2.16. The molecule has 2 amide bonds. The van der Waals surface area contributed by atoms with Gasteiger partial charge in [0.05, 0.1) is 17.6 Å². The Labute approximate surface area is 176 Å². The van der Waals surface area contributed by atoms with Crippen LogP contribution in [0.5, 0.6) is 0 Å². The zero-order valence-electron chi connectivity index (χ0n) is 15.6. The molecule has 0 aliphatic heterocycles. The van der Waals surface area contributed by atoms with Crippen molar-refractivity contribution in [3.63, 3.8) is 0 Å². The minimum absolute atomic E-state index is 0.281. The molecule has 5 nitrogen and oxygen atoms in total. The van der Waals surface area contributed by atoms with Gasteiger partial charge in [-0.3, -0.25) is 9.59 Å². The maximum absolute atomic E-state index is 14.0. The molecule has 4 rings (SSSR count). The van der Waals surface area contributed by atoms with Gasteiger partial charge in [0.2, 0.25) is 0 Å². The molecule has 148 valence electrons. The van der Waals surface area contributed by atoms with Crippen molar-refractivity contribution in [2.45, 2.75) is 0 Å². The van der Waals surface area contributed by atoms with E-state index >= 15 is 0 Å². The van der Waals surface area contributed by atoms with E-state index in [9.17, 15) is 14.0 Å². The van der Waals surface area contributed by atoms with Crippen molar-refractivity contribution in [3.8, 4) is 10.6 Å². The van der Waals surface area contributed by atoms with Gasteiger partial charge in [0.1, 0.15) is 15.7 Å². The van der Waals surface area contributed by atoms with Gasteiger partial charge in [-0.15, -0.1) is 11.3 Å². The molecule has 0 aliphatic rings. The van der Waals surface area contributed by atoms with E-state index in [2.05, 4.69) is 15.6 Å². The normalized spacial score (nSPS) is 10.4. The van der Waals surface area contributed by atoms with Crippen molar-refractivity contribution in [2.75, 3.05) is 10.6 Å². The number of carbonyl (C=O) groups is 2. The highest BCUT2D eigenvalue weighted by atomic mass is 32.1. The van der Waals surface area contributed by atoms with Crippen molar-refractivity contribution in [2.24, 2.45) is 0 Å². The second-order valence-corrected chi connectivity index (χ2v) is 7.36. The van der Waals surface area contributed by atoms with Gasteiger partial charge in [-0.1, -0.05) is 42.5 Å². The molecule has 0 saturated carbocycles. The Morgan fingerprint density at radius 3 is 2.07 bits per heavy atom. The van der Waals surface area contributed by atoms with Crippen LogP contribution in [-0.4, -0.2) is 16.8 Å².